The first-order chi connectivity index (χ1) is 10.9. The molecule has 0 radical (unpaired) electrons. The monoisotopic (exact) mass is 315 g/mol. The van der Waals surface area contributed by atoms with Crippen LogP contribution in [0.25, 0.3) is 0 Å². The van der Waals surface area contributed by atoms with Crippen molar-refractivity contribution in [1.29, 1.82) is 0 Å². The average molecular weight is 315 g/mol. The number of benzene rings is 1. The number of carboxylic acids is 1. The van der Waals surface area contributed by atoms with E-state index in [2.05, 4.69) is 26.0 Å². The highest BCUT2D eigenvalue weighted by Crippen LogP contribution is 2.45. The highest BCUT2D eigenvalue weighted by atomic mass is 16.4. The molecular formula is C19H25NO3. The molecule has 4 heteroatoms. The number of carbonyl (C=O) groups excluding carboxylic acids is 1. The highest BCUT2D eigenvalue weighted by Gasteiger charge is 2.47. The molecule has 0 bridgehead atoms. The van der Waals surface area contributed by atoms with Crippen molar-refractivity contribution in [3.05, 3.63) is 35.4 Å². The van der Waals surface area contributed by atoms with Gasteiger partial charge in [0.05, 0.1) is 5.41 Å². The predicted molar refractivity (Wildman–Crippen MR) is 88.2 cm³/mol. The van der Waals surface area contributed by atoms with Crippen LogP contribution in [0.3, 0.4) is 0 Å². The van der Waals surface area contributed by atoms with Gasteiger partial charge in [-0.25, -0.2) is 0 Å². The number of likely N-dealkylation sites (tertiary alicyclic amines) is 1. The van der Waals surface area contributed by atoms with Crippen molar-refractivity contribution in [3.8, 4) is 0 Å². The summed E-state index contributed by atoms with van der Waals surface area (Å²) in [5.41, 5.74) is 1.78. The lowest BCUT2D eigenvalue weighted by molar-refractivity contribution is -0.159. The summed E-state index contributed by atoms with van der Waals surface area (Å²) < 4.78 is 0. The van der Waals surface area contributed by atoms with Crippen LogP contribution in [0.4, 0.5) is 0 Å². The maximum atomic E-state index is 12.7. The van der Waals surface area contributed by atoms with Gasteiger partial charge < -0.3 is 10.0 Å². The van der Waals surface area contributed by atoms with E-state index in [4.69, 9.17) is 0 Å². The van der Waals surface area contributed by atoms with Gasteiger partial charge in [0, 0.05) is 24.9 Å². The Hall–Kier alpha value is -1.84. The molecule has 124 valence electrons. The van der Waals surface area contributed by atoms with Crippen LogP contribution < -0.4 is 0 Å². The van der Waals surface area contributed by atoms with Crippen molar-refractivity contribution in [2.75, 3.05) is 6.54 Å². The van der Waals surface area contributed by atoms with Gasteiger partial charge in [-0.05, 0) is 44.2 Å². The normalized spacial score (nSPS) is 25.9. The molecule has 0 spiro atoms. The molecule has 1 saturated heterocycles. The number of carbonyl (C=O) groups is 2. The zero-order valence-corrected chi connectivity index (χ0v) is 13.9. The van der Waals surface area contributed by atoms with Crippen molar-refractivity contribution in [3.63, 3.8) is 0 Å². The van der Waals surface area contributed by atoms with Gasteiger partial charge >= 0.3 is 5.97 Å². The summed E-state index contributed by atoms with van der Waals surface area (Å²) in [5, 5.41) is 9.44. The Morgan fingerprint density at radius 2 is 2.00 bits per heavy atom. The summed E-state index contributed by atoms with van der Waals surface area (Å²) in [6.07, 6.45) is 3.31. The van der Waals surface area contributed by atoms with Gasteiger partial charge in [0.25, 0.3) is 0 Å². The third-order valence-corrected chi connectivity index (χ3v) is 5.78. The Morgan fingerprint density at radius 3 is 2.57 bits per heavy atom. The predicted octanol–water partition coefficient (Wildman–Crippen LogP) is 3.34. The van der Waals surface area contributed by atoms with Crippen molar-refractivity contribution >= 4 is 11.9 Å². The second-order valence-corrected chi connectivity index (χ2v) is 7.30. The van der Waals surface area contributed by atoms with Gasteiger partial charge in [-0.2, -0.15) is 0 Å². The van der Waals surface area contributed by atoms with E-state index in [1.807, 2.05) is 17.0 Å². The number of hydrogen-bond acceptors (Lipinski definition) is 2. The minimum Gasteiger partial charge on any atom is -0.481 e. The van der Waals surface area contributed by atoms with Crippen LogP contribution in [0, 0.1) is 12.3 Å². The quantitative estimate of drug-likeness (QED) is 0.927. The number of aryl methyl sites for hydroxylation is 1. The molecule has 1 saturated carbocycles. The Morgan fingerprint density at radius 1 is 1.30 bits per heavy atom. The van der Waals surface area contributed by atoms with E-state index in [0.29, 0.717) is 25.3 Å². The van der Waals surface area contributed by atoms with Crippen molar-refractivity contribution < 1.29 is 14.7 Å². The second-order valence-electron chi connectivity index (χ2n) is 7.30. The number of carboxylic acid groups (broad SMARTS) is 1. The van der Waals surface area contributed by atoms with Crippen LogP contribution in [0.1, 0.15) is 56.1 Å². The number of nitrogens with zero attached hydrogens (tertiary/aromatic N) is 1. The van der Waals surface area contributed by atoms with E-state index in [0.717, 1.165) is 12.8 Å². The third kappa shape index (κ3) is 2.87. The van der Waals surface area contributed by atoms with Gasteiger partial charge in [-0.1, -0.05) is 30.7 Å². The molecule has 2 fully saturated rings. The lowest BCUT2D eigenvalue weighted by Crippen LogP contribution is -2.44. The maximum Gasteiger partial charge on any atom is 0.310 e. The third-order valence-electron chi connectivity index (χ3n) is 5.78. The molecule has 1 aliphatic heterocycles. The Labute approximate surface area is 137 Å². The van der Waals surface area contributed by atoms with Crippen molar-refractivity contribution in [2.24, 2.45) is 5.41 Å². The van der Waals surface area contributed by atoms with Gasteiger partial charge in [0.2, 0.25) is 5.91 Å². The molecule has 1 aliphatic carbocycles. The summed E-state index contributed by atoms with van der Waals surface area (Å²) in [5.74, 6) is -0.438. The van der Waals surface area contributed by atoms with E-state index < -0.39 is 11.4 Å². The summed E-state index contributed by atoms with van der Waals surface area (Å²) in [6, 6.07) is 8.51. The van der Waals surface area contributed by atoms with E-state index in [1.165, 1.54) is 11.1 Å². The molecule has 2 aliphatic rings. The molecule has 3 rings (SSSR count). The van der Waals surface area contributed by atoms with Crippen LogP contribution in [0.15, 0.2) is 24.3 Å². The fraction of sp³-hybridized carbons (Fsp3) is 0.579. The SMILES string of the molecule is Cc1ccccc1C1CC(C)N(C(=O)CC2(C(=O)O)CCC2)C1. The topological polar surface area (TPSA) is 57.6 Å². The maximum absolute atomic E-state index is 12.7. The average Bonchev–Trinajstić information content (AvgIpc) is 2.84. The smallest absolute Gasteiger partial charge is 0.310 e. The molecule has 0 aromatic heterocycles. The first kappa shape index (κ1) is 16.0. The molecule has 1 aromatic rings. The first-order valence-corrected chi connectivity index (χ1v) is 8.51. The lowest BCUT2D eigenvalue weighted by Gasteiger charge is -2.38. The minimum atomic E-state index is -0.806. The molecular weight excluding hydrogens is 290 g/mol. The summed E-state index contributed by atoms with van der Waals surface area (Å²) in [7, 11) is 0. The minimum absolute atomic E-state index is 0.00989. The van der Waals surface area contributed by atoms with Crippen LogP contribution in [-0.4, -0.2) is 34.5 Å². The summed E-state index contributed by atoms with van der Waals surface area (Å²) >= 11 is 0. The molecule has 1 heterocycles. The zero-order chi connectivity index (χ0) is 16.6. The fourth-order valence-electron chi connectivity index (χ4n) is 4.11. The highest BCUT2D eigenvalue weighted by molar-refractivity contribution is 5.86. The number of hydrogen-bond donors (Lipinski definition) is 1. The van der Waals surface area contributed by atoms with Gasteiger partial charge in [-0.3, -0.25) is 9.59 Å². The molecule has 2 unspecified atom stereocenters. The number of rotatable bonds is 4. The number of aliphatic carboxylic acids is 1. The molecule has 4 nitrogen and oxygen atoms in total. The fourth-order valence-corrected chi connectivity index (χ4v) is 4.11. The zero-order valence-electron chi connectivity index (χ0n) is 13.9. The van der Waals surface area contributed by atoms with Crippen molar-refractivity contribution in [1.82, 2.24) is 4.90 Å². The van der Waals surface area contributed by atoms with Crippen LogP contribution in [0.2, 0.25) is 0 Å². The van der Waals surface area contributed by atoms with E-state index in [1.54, 1.807) is 0 Å². The Balaban J connectivity index is 1.70. The van der Waals surface area contributed by atoms with Crippen LogP contribution in [0.5, 0.6) is 0 Å². The summed E-state index contributed by atoms with van der Waals surface area (Å²) in [4.78, 5) is 26.1. The molecule has 1 N–H and O–H groups in total. The molecule has 23 heavy (non-hydrogen) atoms. The Bertz CT molecular complexity index is 621. The molecule has 1 amide bonds. The van der Waals surface area contributed by atoms with E-state index >= 15 is 0 Å². The van der Waals surface area contributed by atoms with E-state index in [9.17, 15) is 14.7 Å². The van der Waals surface area contributed by atoms with Crippen molar-refractivity contribution in [2.45, 2.75) is 57.9 Å². The van der Waals surface area contributed by atoms with Crippen LogP contribution >= 0.6 is 0 Å². The van der Waals surface area contributed by atoms with Gasteiger partial charge in [-0.15, -0.1) is 0 Å². The standard InChI is InChI=1S/C19H25NO3/c1-13-6-3-4-7-16(13)15-10-14(2)20(12-15)17(21)11-19(18(22)23)8-5-9-19/h3-4,6-7,14-15H,5,8-12H2,1-2H3,(H,22,23). The lowest BCUT2D eigenvalue weighted by atomic mass is 9.66. The molecule has 1 aromatic carbocycles. The van der Waals surface area contributed by atoms with Crippen LogP contribution in [-0.2, 0) is 9.59 Å². The van der Waals surface area contributed by atoms with E-state index in [-0.39, 0.29) is 18.4 Å². The van der Waals surface area contributed by atoms with Gasteiger partial charge in [0.15, 0.2) is 0 Å². The first-order valence-electron chi connectivity index (χ1n) is 8.51. The largest absolute Gasteiger partial charge is 0.481 e. The Kier molecular flexibility index (Phi) is 4.17. The van der Waals surface area contributed by atoms with Gasteiger partial charge in [0.1, 0.15) is 0 Å². The number of amides is 1. The summed E-state index contributed by atoms with van der Waals surface area (Å²) in [6.45, 7) is 4.89. The second kappa shape index (κ2) is 5.99. The molecule has 2 atom stereocenters.